The van der Waals surface area contributed by atoms with Gasteiger partial charge in [0.25, 0.3) is 0 Å². The first kappa shape index (κ1) is 16.2. The zero-order chi connectivity index (χ0) is 16.2. The quantitative estimate of drug-likeness (QED) is 0.528. The molecule has 0 spiro atoms. The highest BCUT2D eigenvalue weighted by molar-refractivity contribution is 9.12. The van der Waals surface area contributed by atoms with Crippen LogP contribution in [0, 0.1) is 0 Å². The van der Waals surface area contributed by atoms with Crippen molar-refractivity contribution in [1.82, 2.24) is 0 Å². The Kier molecular flexibility index (Phi) is 5.13. The lowest BCUT2D eigenvalue weighted by Crippen LogP contribution is -2.26. The number of nitrogens with one attached hydrogen (secondary N) is 1. The van der Waals surface area contributed by atoms with E-state index in [-0.39, 0.29) is 15.6 Å². The fourth-order valence-electron chi connectivity index (χ4n) is 2.47. The van der Waals surface area contributed by atoms with Gasteiger partial charge in [-0.3, -0.25) is 4.79 Å². The van der Waals surface area contributed by atoms with Crippen molar-refractivity contribution in [2.45, 2.75) is 9.65 Å². The summed E-state index contributed by atoms with van der Waals surface area (Å²) in [5.41, 5.74) is 1.88. The molecule has 3 aromatic carbocycles. The number of hydrogen-bond donors (Lipinski definition) is 1. The second-order valence-electron chi connectivity index (χ2n) is 5.23. The van der Waals surface area contributed by atoms with Crippen molar-refractivity contribution in [3.63, 3.8) is 0 Å². The third-order valence-corrected chi connectivity index (χ3v) is 6.38. The highest BCUT2D eigenvalue weighted by Crippen LogP contribution is 2.32. The number of rotatable bonds is 4. The molecule has 2 nitrogen and oxygen atoms in total. The molecule has 116 valence electrons. The zero-order valence-corrected chi connectivity index (χ0v) is 15.4. The van der Waals surface area contributed by atoms with Crippen LogP contribution < -0.4 is 5.32 Å². The monoisotopic (exact) mass is 431 g/mol. The van der Waals surface area contributed by atoms with Gasteiger partial charge < -0.3 is 5.32 Å². The molecule has 0 saturated carbocycles. The van der Waals surface area contributed by atoms with Gasteiger partial charge in [-0.05, 0) is 17.0 Å². The summed E-state index contributed by atoms with van der Waals surface area (Å²) in [5, 5.41) is 5.16. The number of amides is 1. The van der Waals surface area contributed by atoms with E-state index in [0.717, 1.165) is 22.0 Å². The fourth-order valence-corrected chi connectivity index (χ4v) is 3.44. The fraction of sp³-hybridized carbons (Fsp3) is 0.105. The number of alkyl halides is 2. The Hall–Kier alpha value is -1.65. The molecule has 0 bridgehead atoms. The molecule has 0 fully saturated rings. The van der Waals surface area contributed by atoms with Gasteiger partial charge in [0.1, 0.15) is 4.83 Å². The molecule has 1 amide bonds. The van der Waals surface area contributed by atoms with Crippen molar-refractivity contribution in [3.8, 4) is 0 Å². The van der Waals surface area contributed by atoms with Gasteiger partial charge >= 0.3 is 0 Å². The van der Waals surface area contributed by atoms with E-state index in [1.807, 2.05) is 72.8 Å². The summed E-state index contributed by atoms with van der Waals surface area (Å²) in [7, 11) is 0. The maximum absolute atomic E-state index is 12.6. The topological polar surface area (TPSA) is 29.1 Å². The molecule has 0 aliphatic carbocycles. The molecular weight excluding hydrogens is 418 g/mol. The second kappa shape index (κ2) is 7.28. The summed E-state index contributed by atoms with van der Waals surface area (Å²) in [6, 6.07) is 23.8. The Morgan fingerprint density at radius 1 is 0.826 bits per heavy atom. The van der Waals surface area contributed by atoms with Crippen LogP contribution >= 0.6 is 31.9 Å². The summed E-state index contributed by atoms with van der Waals surface area (Å²) in [4.78, 5) is 12.1. The van der Waals surface area contributed by atoms with Crippen LogP contribution in [-0.2, 0) is 4.79 Å². The number of hydrogen-bond acceptors (Lipinski definition) is 1. The van der Waals surface area contributed by atoms with Crippen LogP contribution in [0.5, 0.6) is 0 Å². The normalized spacial score (nSPS) is 13.5. The Balaban J connectivity index is 1.80. The van der Waals surface area contributed by atoms with Crippen LogP contribution in [0.2, 0.25) is 0 Å². The van der Waals surface area contributed by atoms with E-state index in [9.17, 15) is 4.79 Å². The van der Waals surface area contributed by atoms with Gasteiger partial charge in [-0.15, -0.1) is 0 Å². The lowest BCUT2D eigenvalue weighted by molar-refractivity contribution is -0.115. The van der Waals surface area contributed by atoms with Gasteiger partial charge in [-0.2, -0.15) is 0 Å². The van der Waals surface area contributed by atoms with Gasteiger partial charge in [-0.25, -0.2) is 0 Å². The third kappa shape index (κ3) is 3.65. The van der Waals surface area contributed by atoms with Crippen molar-refractivity contribution in [3.05, 3.63) is 78.4 Å². The van der Waals surface area contributed by atoms with Crippen LogP contribution in [-0.4, -0.2) is 10.7 Å². The van der Waals surface area contributed by atoms with E-state index in [2.05, 4.69) is 37.2 Å². The van der Waals surface area contributed by atoms with Crippen molar-refractivity contribution in [1.29, 1.82) is 0 Å². The van der Waals surface area contributed by atoms with Crippen molar-refractivity contribution in [2.24, 2.45) is 0 Å². The van der Waals surface area contributed by atoms with Gasteiger partial charge in [-0.1, -0.05) is 98.6 Å². The number of halogens is 2. The predicted octanol–water partition coefficient (Wildman–Crippen LogP) is 5.68. The summed E-state index contributed by atoms with van der Waals surface area (Å²) < 4.78 is 0. The van der Waals surface area contributed by atoms with E-state index >= 15 is 0 Å². The molecule has 0 aromatic heterocycles. The lowest BCUT2D eigenvalue weighted by Gasteiger charge is -2.17. The van der Waals surface area contributed by atoms with Crippen molar-refractivity contribution >= 4 is 54.2 Å². The van der Waals surface area contributed by atoms with E-state index in [4.69, 9.17) is 0 Å². The summed E-state index contributed by atoms with van der Waals surface area (Å²) >= 11 is 7.12. The van der Waals surface area contributed by atoms with Crippen LogP contribution in [0.15, 0.2) is 72.8 Å². The van der Waals surface area contributed by atoms with Crippen LogP contribution in [0.25, 0.3) is 10.8 Å². The lowest BCUT2D eigenvalue weighted by atomic mass is 10.1. The number of carbonyl (C=O) groups excluding carboxylic acids is 1. The minimum absolute atomic E-state index is 0.0768. The first-order valence-electron chi connectivity index (χ1n) is 7.28. The molecular formula is C19H15Br2NO. The van der Waals surface area contributed by atoms with Gasteiger partial charge in [0.15, 0.2) is 0 Å². The second-order valence-corrected chi connectivity index (χ2v) is 7.20. The van der Waals surface area contributed by atoms with Crippen LogP contribution in [0.3, 0.4) is 0 Å². The average Bonchev–Trinajstić information content (AvgIpc) is 2.61. The molecule has 0 radical (unpaired) electrons. The Morgan fingerprint density at radius 2 is 1.48 bits per heavy atom. The molecule has 0 aliphatic rings. The molecule has 23 heavy (non-hydrogen) atoms. The van der Waals surface area contributed by atoms with Crippen LogP contribution in [0.4, 0.5) is 5.69 Å². The van der Waals surface area contributed by atoms with Crippen molar-refractivity contribution < 1.29 is 4.79 Å². The Bertz CT molecular complexity index is 814. The standard InChI is InChI=1S/C19H15Br2NO/c20-17(14-8-2-1-3-9-14)18(21)19(23)22-16-12-6-10-13-7-4-5-11-15(13)16/h1-12,17-18H,(H,22,23). The summed E-state index contributed by atoms with van der Waals surface area (Å²) in [5.74, 6) is -0.0768. The van der Waals surface area contributed by atoms with E-state index in [0.29, 0.717) is 0 Å². The van der Waals surface area contributed by atoms with E-state index < -0.39 is 0 Å². The van der Waals surface area contributed by atoms with Crippen LogP contribution in [0.1, 0.15) is 10.4 Å². The zero-order valence-electron chi connectivity index (χ0n) is 12.2. The Morgan fingerprint density at radius 3 is 2.26 bits per heavy atom. The molecule has 2 atom stereocenters. The molecule has 4 heteroatoms. The molecule has 0 aliphatic heterocycles. The number of carbonyl (C=O) groups is 1. The Labute approximate surface area is 152 Å². The van der Waals surface area contributed by atoms with Crippen molar-refractivity contribution in [2.75, 3.05) is 5.32 Å². The third-order valence-electron chi connectivity index (χ3n) is 3.67. The first-order chi connectivity index (χ1) is 11.2. The highest BCUT2D eigenvalue weighted by atomic mass is 79.9. The molecule has 0 heterocycles. The molecule has 3 rings (SSSR count). The first-order valence-corrected chi connectivity index (χ1v) is 9.11. The maximum atomic E-state index is 12.6. The number of fused-ring (bicyclic) bond motifs is 1. The molecule has 1 N–H and O–H groups in total. The summed E-state index contributed by atoms with van der Waals surface area (Å²) in [6.07, 6.45) is 0. The SMILES string of the molecule is O=C(Nc1cccc2ccccc12)C(Br)C(Br)c1ccccc1. The van der Waals surface area contributed by atoms with E-state index in [1.165, 1.54) is 0 Å². The molecule has 2 unspecified atom stereocenters. The largest absolute Gasteiger partial charge is 0.324 e. The highest BCUT2D eigenvalue weighted by Gasteiger charge is 2.25. The average molecular weight is 433 g/mol. The number of benzene rings is 3. The number of anilines is 1. The van der Waals surface area contributed by atoms with Gasteiger partial charge in [0, 0.05) is 11.1 Å². The summed E-state index contributed by atoms with van der Waals surface area (Å²) in [6.45, 7) is 0. The maximum Gasteiger partial charge on any atom is 0.239 e. The minimum atomic E-state index is -0.371. The van der Waals surface area contributed by atoms with Gasteiger partial charge in [0.05, 0.1) is 4.83 Å². The minimum Gasteiger partial charge on any atom is -0.324 e. The van der Waals surface area contributed by atoms with Gasteiger partial charge in [0.2, 0.25) is 5.91 Å². The molecule has 0 saturated heterocycles. The predicted molar refractivity (Wildman–Crippen MR) is 103 cm³/mol. The molecule has 3 aromatic rings. The van der Waals surface area contributed by atoms with E-state index in [1.54, 1.807) is 0 Å². The smallest absolute Gasteiger partial charge is 0.239 e.